The van der Waals surface area contributed by atoms with Crippen molar-refractivity contribution in [2.75, 3.05) is 6.54 Å². The van der Waals surface area contributed by atoms with Gasteiger partial charge in [-0.2, -0.15) is 0 Å². The number of nitrogens with one attached hydrogen (secondary N) is 1. The third kappa shape index (κ3) is 6.69. The highest BCUT2D eigenvalue weighted by Gasteiger charge is 1.97. The zero-order valence-corrected chi connectivity index (χ0v) is 14.2. The molecule has 0 spiro atoms. The van der Waals surface area contributed by atoms with E-state index in [0.29, 0.717) is 6.61 Å². The van der Waals surface area contributed by atoms with E-state index in [1.165, 1.54) is 0 Å². The molecule has 1 amide bonds. The summed E-state index contributed by atoms with van der Waals surface area (Å²) in [6, 6.07) is 17.8. The summed E-state index contributed by atoms with van der Waals surface area (Å²) in [4.78, 5) is 11.7. The van der Waals surface area contributed by atoms with Crippen LogP contribution in [-0.2, 0) is 11.4 Å². The molecule has 0 unspecified atom stereocenters. The average Bonchev–Trinajstić information content (AvgIpc) is 2.63. The Morgan fingerprint density at radius 1 is 1.04 bits per heavy atom. The minimum Gasteiger partial charge on any atom is -0.489 e. The lowest BCUT2D eigenvalue weighted by molar-refractivity contribution is -0.116. The fourth-order valence-corrected chi connectivity index (χ4v) is 2.23. The Labute approximate surface area is 144 Å². The summed E-state index contributed by atoms with van der Waals surface area (Å²) in [6.07, 6.45) is 6.73. The number of ether oxygens (including phenoxy) is 1. The highest BCUT2D eigenvalue weighted by Crippen LogP contribution is 2.15. The molecular weight excluding hydrogens is 298 g/mol. The van der Waals surface area contributed by atoms with Gasteiger partial charge in [0.25, 0.3) is 0 Å². The van der Waals surface area contributed by atoms with Crippen LogP contribution in [0, 0.1) is 0 Å². The number of amides is 1. The maximum absolute atomic E-state index is 11.7. The number of benzene rings is 2. The second-order valence-electron chi connectivity index (χ2n) is 5.67. The standard InChI is InChI=1S/C21H25NO2/c1-2-3-7-16-22-21(23)15-12-18-10-13-20(14-11-18)24-17-19-8-5-4-6-9-19/h4-6,8-15H,2-3,7,16-17H2,1H3,(H,22,23)/b15-12+. The summed E-state index contributed by atoms with van der Waals surface area (Å²) >= 11 is 0. The third-order valence-electron chi connectivity index (χ3n) is 3.64. The molecule has 0 bridgehead atoms. The van der Waals surface area contributed by atoms with Gasteiger partial charge in [0.15, 0.2) is 0 Å². The van der Waals surface area contributed by atoms with Crippen molar-refractivity contribution in [2.24, 2.45) is 0 Å². The summed E-state index contributed by atoms with van der Waals surface area (Å²) in [5, 5.41) is 2.89. The van der Waals surface area contributed by atoms with Gasteiger partial charge in [0, 0.05) is 12.6 Å². The second kappa shape index (κ2) is 10.3. The summed E-state index contributed by atoms with van der Waals surface area (Å²) < 4.78 is 5.75. The van der Waals surface area contributed by atoms with Gasteiger partial charge in [0.2, 0.25) is 5.91 Å². The van der Waals surface area contributed by atoms with Crippen LogP contribution in [0.4, 0.5) is 0 Å². The zero-order valence-electron chi connectivity index (χ0n) is 14.2. The van der Waals surface area contributed by atoms with Gasteiger partial charge in [-0.25, -0.2) is 0 Å². The quantitative estimate of drug-likeness (QED) is 0.541. The molecule has 0 aliphatic carbocycles. The molecular formula is C21H25NO2. The molecule has 0 aliphatic rings. The molecule has 3 heteroatoms. The van der Waals surface area contributed by atoms with E-state index < -0.39 is 0 Å². The zero-order chi connectivity index (χ0) is 17.0. The lowest BCUT2D eigenvalue weighted by Crippen LogP contribution is -2.21. The minimum atomic E-state index is -0.0458. The van der Waals surface area contributed by atoms with Crippen LogP contribution in [0.5, 0.6) is 5.75 Å². The van der Waals surface area contributed by atoms with E-state index in [2.05, 4.69) is 12.2 Å². The summed E-state index contributed by atoms with van der Waals surface area (Å²) in [5.41, 5.74) is 2.12. The molecule has 0 atom stereocenters. The van der Waals surface area contributed by atoms with Gasteiger partial charge in [0.1, 0.15) is 12.4 Å². The van der Waals surface area contributed by atoms with E-state index in [0.717, 1.165) is 42.7 Å². The Bertz CT molecular complexity index is 633. The van der Waals surface area contributed by atoms with Crippen LogP contribution in [0.15, 0.2) is 60.7 Å². The lowest BCUT2D eigenvalue weighted by Gasteiger charge is -2.06. The van der Waals surface area contributed by atoms with Gasteiger partial charge < -0.3 is 10.1 Å². The fourth-order valence-electron chi connectivity index (χ4n) is 2.23. The molecule has 1 N–H and O–H groups in total. The van der Waals surface area contributed by atoms with E-state index in [1.54, 1.807) is 6.08 Å². The summed E-state index contributed by atoms with van der Waals surface area (Å²) in [6.45, 7) is 3.44. The average molecular weight is 323 g/mol. The molecule has 0 aliphatic heterocycles. The van der Waals surface area contributed by atoms with Crippen molar-refractivity contribution < 1.29 is 9.53 Å². The molecule has 0 heterocycles. The number of hydrogen-bond donors (Lipinski definition) is 1. The van der Waals surface area contributed by atoms with E-state index in [4.69, 9.17) is 4.74 Å². The largest absolute Gasteiger partial charge is 0.489 e. The van der Waals surface area contributed by atoms with Crippen LogP contribution in [0.1, 0.15) is 37.3 Å². The van der Waals surface area contributed by atoms with E-state index in [1.807, 2.05) is 60.7 Å². The fraction of sp³-hybridized carbons (Fsp3) is 0.286. The number of hydrogen-bond acceptors (Lipinski definition) is 2. The molecule has 0 fully saturated rings. The molecule has 3 nitrogen and oxygen atoms in total. The summed E-state index contributed by atoms with van der Waals surface area (Å²) in [7, 11) is 0. The Kier molecular flexibility index (Phi) is 7.61. The molecule has 0 aromatic heterocycles. The van der Waals surface area contributed by atoms with Crippen molar-refractivity contribution in [1.29, 1.82) is 0 Å². The Balaban J connectivity index is 1.77. The topological polar surface area (TPSA) is 38.3 Å². The van der Waals surface area contributed by atoms with Crippen molar-refractivity contribution in [1.82, 2.24) is 5.32 Å². The monoisotopic (exact) mass is 323 g/mol. The molecule has 24 heavy (non-hydrogen) atoms. The molecule has 0 saturated carbocycles. The lowest BCUT2D eigenvalue weighted by atomic mass is 10.2. The van der Waals surface area contributed by atoms with E-state index >= 15 is 0 Å². The van der Waals surface area contributed by atoms with Gasteiger partial charge in [-0.15, -0.1) is 0 Å². The minimum absolute atomic E-state index is 0.0458. The predicted octanol–water partition coefficient (Wildman–Crippen LogP) is 4.59. The maximum atomic E-state index is 11.7. The van der Waals surface area contributed by atoms with Crippen LogP contribution in [-0.4, -0.2) is 12.5 Å². The Morgan fingerprint density at radius 2 is 1.79 bits per heavy atom. The van der Waals surface area contributed by atoms with Crippen LogP contribution in [0.2, 0.25) is 0 Å². The number of rotatable bonds is 9. The predicted molar refractivity (Wildman–Crippen MR) is 98.8 cm³/mol. The van der Waals surface area contributed by atoms with Gasteiger partial charge in [0.05, 0.1) is 0 Å². The summed E-state index contributed by atoms with van der Waals surface area (Å²) in [5.74, 6) is 0.774. The van der Waals surface area contributed by atoms with Gasteiger partial charge >= 0.3 is 0 Å². The first kappa shape index (κ1) is 17.8. The molecule has 0 radical (unpaired) electrons. The normalized spacial score (nSPS) is 10.7. The molecule has 2 rings (SSSR count). The third-order valence-corrected chi connectivity index (χ3v) is 3.64. The van der Waals surface area contributed by atoms with Gasteiger partial charge in [-0.05, 0) is 35.8 Å². The molecule has 2 aromatic rings. The molecule has 2 aromatic carbocycles. The van der Waals surface area contributed by atoms with E-state index in [-0.39, 0.29) is 5.91 Å². The first-order valence-electron chi connectivity index (χ1n) is 8.50. The van der Waals surface area contributed by atoms with Gasteiger partial charge in [-0.1, -0.05) is 62.2 Å². The van der Waals surface area contributed by atoms with Crippen molar-refractivity contribution in [2.45, 2.75) is 32.8 Å². The van der Waals surface area contributed by atoms with Gasteiger partial charge in [-0.3, -0.25) is 4.79 Å². The smallest absolute Gasteiger partial charge is 0.243 e. The first-order chi connectivity index (χ1) is 11.8. The maximum Gasteiger partial charge on any atom is 0.243 e. The number of carbonyl (C=O) groups excluding carboxylic acids is 1. The highest BCUT2D eigenvalue weighted by molar-refractivity contribution is 5.91. The van der Waals surface area contributed by atoms with Crippen LogP contribution in [0.3, 0.4) is 0 Å². The van der Waals surface area contributed by atoms with E-state index in [9.17, 15) is 4.79 Å². The van der Waals surface area contributed by atoms with Crippen molar-refractivity contribution in [3.05, 3.63) is 71.8 Å². The Hall–Kier alpha value is -2.55. The van der Waals surface area contributed by atoms with Crippen LogP contribution >= 0.6 is 0 Å². The Morgan fingerprint density at radius 3 is 2.50 bits per heavy atom. The van der Waals surface area contributed by atoms with Crippen LogP contribution < -0.4 is 10.1 Å². The van der Waals surface area contributed by atoms with Crippen molar-refractivity contribution in [3.8, 4) is 5.75 Å². The van der Waals surface area contributed by atoms with Crippen molar-refractivity contribution in [3.63, 3.8) is 0 Å². The number of carbonyl (C=O) groups is 1. The molecule has 126 valence electrons. The van der Waals surface area contributed by atoms with Crippen molar-refractivity contribution >= 4 is 12.0 Å². The number of unbranched alkanes of at least 4 members (excludes halogenated alkanes) is 2. The SMILES string of the molecule is CCCCCNC(=O)/C=C/c1ccc(OCc2ccccc2)cc1. The first-order valence-corrected chi connectivity index (χ1v) is 8.50. The van der Waals surface area contributed by atoms with Crippen LogP contribution in [0.25, 0.3) is 6.08 Å². The second-order valence-corrected chi connectivity index (χ2v) is 5.67. The highest BCUT2D eigenvalue weighted by atomic mass is 16.5. The molecule has 0 saturated heterocycles.